The minimum atomic E-state index is -3.49. The summed E-state index contributed by atoms with van der Waals surface area (Å²) in [6, 6.07) is 10.9. The Labute approximate surface area is 177 Å². The summed E-state index contributed by atoms with van der Waals surface area (Å²) in [6.07, 6.45) is 0. The molecule has 0 saturated carbocycles. The lowest BCUT2D eigenvalue weighted by molar-refractivity contribution is 0.383. The molecule has 1 saturated heterocycles. The van der Waals surface area contributed by atoms with Gasteiger partial charge in [-0.15, -0.1) is 0 Å². The highest BCUT2D eigenvalue weighted by atomic mass is 32.2. The second kappa shape index (κ2) is 7.81. The van der Waals surface area contributed by atoms with Gasteiger partial charge in [0, 0.05) is 37.9 Å². The van der Waals surface area contributed by atoms with Crippen molar-refractivity contribution < 1.29 is 8.42 Å². The Kier molecular flexibility index (Phi) is 5.33. The number of hydrogen-bond acceptors (Lipinski definition) is 6. The molecule has 0 N–H and O–H groups in total. The van der Waals surface area contributed by atoms with E-state index in [1.807, 2.05) is 56.6 Å². The van der Waals surface area contributed by atoms with Gasteiger partial charge in [0.05, 0.1) is 10.6 Å². The zero-order chi connectivity index (χ0) is 21.5. The van der Waals surface area contributed by atoms with E-state index in [0.29, 0.717) is 36.9 Å². The summed E-state index contributed by atoms with van der Waals surface area (Å²) in [4.78, 5) is 11.6. The molecule has 1 aliphatic heterocycles. The number of piperazine rings is 1. The highest BCUT2D eigenvalue weighted by Crippen LogP contribution is 2.22. The quantitative estimate of drug-likeness (QED) is 0.637. The van der Waals surface area contributed by atoms with E-state index >= 15 is 0 Å². The molecule has 0 spiro atoms. The number of sulfonamides is 1. The van der Waals surface area contributed by atoms with E-state index in [-0.39, 0.29) is 0 Å². The first-order chi connectivity index (χ1) is 14.2. The molecule has 0 atom stereocenters. The van der Waals surface area contributed by atoms with Crippen LogP contribution in [0.4, 0.5) is 5.82 Å². The molecule has 30 heavy (non-hydrogen) atoms. The van der Waals surface area contributed by atoms with E-state index in [2.05, 4.69) is 20.0 Å². The van der Waals surface area contributed by atoms with Crippen LogP contribution in [-0.2, 0) is 10.0 Å². The van der Waals surface area contributed by atoms with E-state index in [9.17, 15) is 8.42 Å². The highest BCUT2D eigenvalue weighted by molar-refractivity contribution is 7.89. The molecule has 0 unspecified atom stereocenters. The number of rotatable bonds is 4. The number of benzene rings is 1. The lowest BCUT2D eigenvalue weighted by Gasteiger charge is -2.34. The molecule has 8 nitrogen and oxygen atoms in total. The van der Waals surface area contributed by atoms with Crippen LogP contribution in [-0.4, -0.2) is 58.7 Å². The molecule has 2 aromatic heterocycles. The lowest BCUT2D eigenvalue weighted by Crippen LogP contribution is -2.49. The summed E-state index contributed by atoms with van der Waals surface area (Å²) in [5, 5.41) is 4.51. The molecule has 3 aromatic rings. The lowest BCUT2D eigenvalue weighted by atomic mass is 10.2. The van der Waals surface area contributed by atoms with Gasteiger partial charge in [-0.1, -0.05) is 17.7 Å². The van der Waals surface area contributed by atoms with E-state index in [1.165, 1.54) is 0 Å². The zero-order valence-corrected chi connectivity index (χ0v) is 18.5. The third-order valence-corrected chi connectivity index (χ3v) is 7.17. The smallest absolute Gasteiger partial charge is 0.243 e. The number of aryl methyl sites for hydroxylation is 4. The van der Waals surface area contributed by atoms with Gasteiger partial charge in [-0.05, 0) is 45.9 Å². The third-order valence-electron chi connectivity index (χ3n) is 5.26. The first-order valence-corrected chi connectivity index (χ1v) is 11.4. The summed E-state index contributed by atoms with van der Waals surface area (Å²) >= 11 is 0. The van der Waals surface area contributed by atoms with Crippen LogP contribution >= 0.6 is 0 Å². The fourth-order valence-corrected chi connectivity index (χ4v) is 5.11. The van der Waals surface area contributed by atoms with Gasteiger partial charge >= 0.3 is 0 Å². The summed E-state index contributed by atoms with van der Waals surface area (Å²) < 4.78 is 29.2. The molecule has 0 amide bonds. The van der Waals surface area contributed by atoms with Crippen molar-refractivity contribution in [3.63, 3.8) is 0 Å². The SMILES string of the molecule is Cc1ccc(S(=O)(=O)N2CCN(c3cc(-n4nc(C)cc4C)nc(C)n3)CC2)cc1. The standard InChI is InChI=1S/C21H26N6O2S/c1-15-5-7-19(8-6-15)30(28,29)26-11-9-25(10-12-26)20-14-21(23-18(4)22-20)27-17(3)13-16(2)24-27/h5-8,13-14H,9-12H2,1-4H3. The molecule has 0 radical (unpaired) electrons. The maximum absolute atomic E-state index is 12.9. The molecule has 9 heteroatoms. The molecule has 4 rings (SSSR count). The van der Waals surface area contributed by atoms with Crippen LogP contribution in [0.3, 0.4) is 0 Å². The Morgan fingerprint density at radius 3 is 2.07 bits per heavy atom. The molecule has 158 valence electrons. The normalized spacial score (nSPS) is 15.5. The minimum absolute atomic E-state index is 0.339. The fraction of sp³-hybridized carbons (Fsp3) is 0.381. The van der Waals surface area contributed by atoms with Gasteiger partial charge in [-0.25, -0.2) is 23.1 Å². The van der Waals surface area contributed by atoms with Crippen molar-refractivity contribution in [2.24, 2.45) is 0 Å². The summed E-state index contributed by atoms with van der Waals surface area (Å²) in [6.45, 7) is 9.70. The Morgan fingerprint density at radius 2 is 1.47 bits per heavy atom. The van der Waals surface area contributed by atoms with Crippen LogP contribution < -0.4 is 4.90 Å². The van der Waals surface area contributed by atoms with Gasteiger partial charge < -0.3 is 4.90 Å². The number of hydrogen-bond donors (Lipinski definition) is 0. The largest absolute Gasteiger partial charge is 0.354 e. The van der Waals surface area contributed by atoms with Crippen LogP contribution in [0.25, 0.3) is 5.82 Å². The minimum Gasteiger partial charge on any atom is -0.354 e. The van der Waals surface area contributed by atoms with Crippen LogP contribution in [0.2, 0.25) is 0 Å². The predicted octanol–water partition coefficient (Wildman–Crippen LogP) is 2.41. The van der Waals surface area contributed by atoms with Crippen LogP contribution in [0.15, 0.2) is 41.3 Å². The maximum Gasteiger partial charge on any atom is 0.243 e. The summed E-state index contributed by atoms with van der Waals surface area (Å²) in [5.41, 5.74) is 2.97. The molecule has 1 aliphatic rings. The van der Waals surface area contributed by atoms with Crippen LogP contribution in [0.1, 0.15) is 22.8 Å². The first kappa shape index (κ1) is 20.5. The van der Waals surface area contributed by atoms with Crippen LogP contribution in [0.5, 0.6) is 0 Å². The topological polar surface area (TPSA) is 84.2 Å². The van der Waals surface area contributed by atoms with Crippen molar-refractivity contribution in [1.82, 2.24) is 24.1 Å². The Bertz CT molecular complexity index is 1160. The Morgan fingerprint density at radius 1 is 0.833 bits per heavy atom. The zero-order valence-electron chi connectivity index (χ0n) is 17.7. The van der Waals surface area contributed by atoms with Crippen molar-refractivity contribution in [3.05, 3.63) is 59.2 Å². The van der Waals surface area contributed by atoms with E-state index in [4.69, 9.17) is 0 Å². The second-order valence-corrected chi connectivity index (χ2v) is 9.61. The number of nitrogens with zero attached hydrogens (tertiary/aromatic N) is 6. The summed E-state index contributed by atoms with van der Waals surface area (Å²) in [7, 11) is -3.49. The second-order valence-electron chi connectivity index (χ2n) is 7.67. The van der Waals surface area contributed by atoms with Crippen molar-refractivity contribution in [3.8, 4) is 5.82 Å². The fourth-order valence-electron chi connectivity index (χ4n) is 3.68. The molecule has 1 fully saturated rings. The first-order valence-electron chi connectivity index (χ1n) is 9.95. The van der Waals surface area contributed by atoms with Crippen molar-refractivity contribution in [2.75, 3.05) is 31.1 Å². The predicted molar refractivity (Wildman–Crippen MR) is 116 cm³/mol. The van der Waals surface area contributed by atoms with Crippen molar-refractivity contribution >= 4 is 15.8 Å². The molecular weight excluding hydrogens is 400 g/mol. The van der Waals surface area contributed by atoms with Crippen LogP contribution in [0, 0.1) is 27.7 Å². The van der Waals surface area contributed by atoms with Gasteiger partial charge in [0.2, 0.25) is 10.0 Å². The average Bonchev–Trinajstić information content (AvgIpc) is 3.06. The van der Waals surface area contributed by atoms with Gasteiger partial charge in [0.25, 0.3) is 0 Å². The number of anilines is 1. The molecule has 0 aliphatic carbocycles. The van der Waals surface area contributed by atoms with E-state index < -0.39 is 10.0 Å². The van der Waals surface area contributed by atoms with Gasteiger partial charge in [0.1, 0.15) is 11.6 Å². The third kappa shape index (κ3) is 3.95. The summed E-state index contributed by atoms with van der Waals surface area (Å²) in [5.74, 6) is 2.17. The highest BCUT2D eigenvalue weighted by Gasteiger charge is 2.29. The maximum atomic E-state index is 12.9. The Balaban J connectivity index is 1.53. The molecular formula is C21H26N6O2S. The Hall–Kier alpha value is -2.78. The van der Waals surface area contributed by atoms with E-state index in [0.717, 1.165) is 28.6 Å². The number of aromatic nitrogens is 4. The molecule has 1 aromatic carbocycles. The van der Waals surface area contributed by atoms with Crippen molar-refractivity contribution in [2.45, 2.75) is 32.6 Å². The van der Waals surface area contributed by atoms with E-state index in [1.54, 1.807) is 16.4 Å². The monoisotopic (exact) mass is 426 g/mol. The van der Waals surface area contributed by atoms with Crippen molar-refractivity contribution in [1.29, 1.82) is 0 Å². The van der Waals surface area contributed by atoms with Gasteiger partial charge in [-0.3, -0.25) is 0 Å². The molecule has 3 heterocycles. The van der Waals surface area contributed by atoms with Gasteiger partial charge in [-0.2, -0.15) is 9.40 Å². The average molecular weight is 427 g/mol. The molecule has 0 bridgehead atoms. The van der Waals surface area contributed by atoms with Gasteiger partial charge in [0.15, 0.2) is 5.82 Å².